The van der Waals surface area contributed by atoms with E-state index in [0.29, 0.717) is 22.9 Å². The molecule has 0 saturated carbocycles. The van der Waals surface area contributed by atoms with Gasteiger partial charge in [0.1, 0.15) is 11.5 Å². The summed E-state index contributed by atoms with van der Waals surface area (Å²) in [6, 6.07) is 13.6. The molecule has 0 spiro atoms. The third-order valence-corrected chi connectivity index (χ3v) is 3.68. The van der Waals surface area contributed by atoms with Crippen LogP contribution in [0.5, 0.6) is 11.5 Å². The predicted molar refractivity (Wildman–Crippen MR) is 89.4 cm³/mol. The van der Waals surface area contributed by atoms with Gasteiger partial charge in [0.2, 0.25) is 0 Å². The molecule has 1 heterocycles. The molecule has 7 nitrogen and oxygen atoms in total. The van der Waals surface area contributed by atoms with Crippen LogP contribution < -0.4 is 25.4 Å². The number of carbonyl (C=O) groups is 2. The highest BCUT2D eigenvalue weighted by Crippen LogP contribution is 2.33. The molecule has 0 saturated heterocycles. The summed E-state index contributed by atoms with van der Waals surface area (Å²) in [7, 11) is 1.57. The van der Waals surface area contributed by atoms with E-state index >= 15 is 0 Å². The number of nitrogens with one attached hydrogen (secondary N) is 1. The van der Waals surface area contributed by atoms with E-state index in [-0.39, 0.29) is 12.6 Å². The molecule has 0 radical (unpaired) electrons. The zero-order valence-electron chi connectivity index (χ0n) is 13.1. The molecule has 1 aliphatic heterocycles. The van der Waals surface area contributed by atoms with Gasteiger partial charge in [-0.2, -0.15) is 0 Å². The first-order chi connectivity index (χ1) is 11.6. The quantitative estimate of drug-likeness (QED) is 0.901. The average molecular weight is 327 g/mol. The van der Waals surface area contributed by atoms with E-state index in [2.05, 4.69) is 5.32 Å². The molecule has 3 N–H and O–H groups in total. The van der Waals surface area contributed by atoms with Gasteiger partial charge in [-0.3, -0.25) is 9.69 Å². The van der Waals surface area contributed by atoms with Crippen LogP contribution in [0.25, 0.3) is 0 Å². The van der Waals surface area contributed by atoms with Gasteiger partial charge in [0.15, 0.2) is 6.10 Å². The second-order valence-electron chi connectivity index (χ2n) is 5.25. The van der Waals surface area contributed by atoms with Gasteiger partial charge in [0, 0.05) is 5.69 Å². The number of benzene rings is 2. The Morgan fingerprint density at radius 1 is 1.21 bits per heavy atom. The lowest BCUT2D eigenvalue weighted by Crippen LogP contribution is -2.50. The van der Waals surface area contributed by atoms with Crippen molar-refractivity contribution in [1.29, 1.82) is 0 Å². The topological polar surface area (TPSA) is 93.9 Å². The summed E-state index contributed by atoms with van der Waals surface area (Å²) < 4.78 is 10.6. The van der Waals surface area contributed by atoms with Gasteiger partial charge in [0.25, 0.3) is 5.91 Å². The molecule has 24 heavy (non-hydrogen) atoms. The van der Waals surface area contributed by atoms with Crippen LogP contribution in [-0.4, -0.2) is 31.7 Å². The molecule has 0 bridgehead atoms. The SMILES string of the molecule is COc1ccc(NC(=O)N2CC(C(N)=O)Oc3ccccc32)cc1. The van der Waals surface area contributed by atoms with Crippen molar-refractivity contribution in [1.82, 2.24) is 0 Å². The molecule has 7 heteroatoms. The van der Waals surface area contributed by atoms with E-state index in [1.807, 2.05) is 0 Å². The fourth-order valence-corrected chi connectivity index (χ4v) is 2.44. The molecule has 1 aliphatic rings. The monoisotopic (exact) mass is 327 g/mol. The van der Waals surface area contributed by atoms with Crippen molar-refractivity contribution in [2.75, 3.05) is 23.9 Å². The van der Waals surface area contributed by atoms with Gasteiger partial charge in [-0.25, -0.2) is 4.79 Å². The number of hydrogen-bond acceptors (Lipinski definition) is 4. The first kappa shape index (κ1) is 15.7. The van der Waals surface area contributed by atoms with Crippen LogP contribution in [0.2, 0.25) is 0 Å². The first-order valence-electron chi connectivity index (χ1n) is 7.36. The number of ether oxygens (including phenoxy) is 2. The lowest BCUT2D eigenvalue weighted by molar-refractivity contribution is -0.124. The third kappa shape index (κ3) is 3.10. The number of primary amides is 1. The maximum atomic E-state index is 12.6. The van der Waals surface area contributed by atoms with E-state index in [9.17, 15) is 9.59 Å². The van der Waals surface area contributed by atoms with Crippen LogP contribution in [0.3, 0.4) is 0 Å². The highest BCUT2D eigenvalue weighted by atomic mass is 16.5. The molecule has 0 fully saturated rings. The highest BCUT2D eigenvalue weighted by molar-refractivity contribution is 6.03. The number of para-hydroxylation sites is 2. The Bertz CT molecular complexity index is 761. The molecule has 1 unspecified atom stereocenters. The van der Waals surface area contributed by atoms with Gasteiger partial charge in [-0.05, 0) is 36.4 Å². The largest absolute Gasteiger partial charge is 0.497 e. The zero-order chi connectivity index (χ0) is 17.1. The van der Waals surface area contributed by atoms with Crippen LogP contribution in [-0.2, 0) is 4.79 Å². The predicted octanol–water partition coefficient (Wildman–Crippen LogP) is 1.98. The van der Waals surface area contributed by atoms with Crippen molar-refractivity contribution in [2.45, 2.75) is 6.10 Å². The van der Waals surface area contributed by atoms with Crippen molar-refractivity contribution in [3.63, 3.8) is 0 Å². The minimum Gasteiger partial charge on any atom is -0.497 e. The summed E-state index contributed by atoms with van der Waals surface area (Å²) in [5, 5.41) is 2.79. The molecule has 2 aromatic rings. The Balaban J connectivity index is 1.83. The molecule has 124 valence electrons. The Morgan fingerprint density at radius 2 is 1.92 bits per heavy atom. The first-order valence-corrected chi connectivity index (χ1v) is 7.36. The second-order valence-corrected chi connectivity index (χ2v) is 5.25. The third-order valence-electron chi connectivity index (χ3n) is 3.68. The number of rotatable bonds is 3. The molecule has 0 aliphatic carbocycles. The molecule has 3 rings (SSSR count). The number of nitrogens with zero attached hydrogens (tertiary/aromatic N) is 1. The Morgan fingerprint density at radius 3 is 2.58 bits per heavy atom. The summed E-state index contributed by atoms with van der Waals surface area (Å²) in [5.74, 6) is 0.516. The number of urea groups is 1. The molecule has 0 aromatic heterocycles. The van der Waals surface area contributed by atoms with Crippen molar-refractivity contribution in [3.8, 4) is 11.5 Å². The number of anilines is 2. The number of carbonyl (C=O) groups excluding carboxylic acids is 2. The van der Waals surface area contributed by atoms with Crippen molar-refractivity contribution < 1.29 is 19.1 Å². The fourth-order valence-electron chi connectivity index (χ4n) is 2.44. The Kier molecular flexibility index (Phi) is 4.24. The number of hydrogen-bond donors (Lipinski definition) is 2. The lowest BCUT2D eigenvalue weighted by Gasteiger charge is -2.33. The van der Waals surface area contributed by atoms with Gasteiger partial charge < -0.3 is 20.5 Å². The number of amides is 3. The van der Waals surface area contributed by atoms with E-state index in [4.69, 9.17) is 15.2 Å². The molecular weight excluding hydrogens is 310 g/mol. The number of methoxy groups -OCH3 is 1. The van der Waals surface area contributed by atoms with Crippen molar-refractivity contribution >= 4 is 23.3 Å². The minimum absolute atomic E-state index is 0.0499. The maximum absolute atomic E-state index is 12.6. The average Bonchev–Trinajstić information content (AvgIpc) is 2.61. The summed E-state index contributed by atoms with van der Waals surface area (Å²) in [6.07, 6.45) is -0.887. The van der Waals surface area contributed by atoms with E-state index in [1.165, 1.54) is 4.90 Å². The van der Waals surface area contributed by atoms with Crippen molar-refractivity contribution in [3.05, 3.63) is 48.5 Å². The van der Waals surface area contributed by atoms with Gasteiger partial charge >= 0.3 is 6.03 Å². The lowest BCUT2D eigenvalue weighted by atomic mass is 10.2. The van der Waals surface area contributed by atoms with Crippen LogP contribution in [0, 0.1) is 0 Å². The standard InChI is InChI=1S/C17H17N3O4/c1-23-12-8-6-11(7-9-12)19-17(22)20-10-15(16(18)21)24-14-5-3-2-4-13(14)20/h2-9,15H,10H2,1H3,(H2,18,21)(H,19,22). The summed E-state index contributed by atoms with van der Waals surface area (Å²) >= 11 is 0. The van der Waals surface area contributed by atoms with E-state index < -0.39 is 12.0 Å². The van der Waals surface area contributed by atoms with Crippen LogP contribution in [0.4, 0.5) is 16.2 Å². The van der Waals surface area contributed by atoms with E-state index in [1.54, 1.807) is 55.6 Å². The Hall–Kier alpha value is -3.22. The number of nitrogens with two attached hydrogens (primary N) is 1. The molecule has 1 atom stereocenters. The second kappa shape index (κ2) is 6.49. The van der Waals surface area contributed by atoms with Gasteiger partial charge in [0.05, 0.1) is 19.3 Å². The maximum Gasteiger partial charge on any atom is 0.326 e. The normalized spacial score (nSPS) is 15.9. The minimum atomic E-state index is -0.887. The molecule has 2 aromatic carbocycles. The Labute approximate surface area is 139 Å². The summed E-state index contributed by atoms with van der Waals surface area (Å²) in [4.78, 5) is 25.6. The molecule has 3 amide bonds. The summed E-state index contributed by atoms with van der Waals surface area (Å²) in [6.45, 7) is 0.0499. The smallest absolute Gasteiger partial charge is 0.326 e. The van der Waals surface area contributed by atoms with Crippen LogP contribution >= 0.6 is 0 Å². The highest BCUT2D eigenvalue weighted by Gasteiger charge is 2.32. The fraction of sp³-hybridized carbons (Fsp3) is 0.176. The van der Waals surface area contributed by atoms with Crippen LogP contribution in [0.15, 0.2) is 48.5 Å². The van der Waals surface area contributed by atoms with Crippen molar-refractivity contribution in [2.24, 2.45) is 5.73 Å². The number of fused-ring (bicyclic) bond motifs is 1. The van der Waals surface area contributed by atoms with Crippen LogP contribution in [0.1, 0.15) is 0 Å². The summed E-state index contributed by atoms with van der Waals surface area (Å²) in [5.41, 5.74) is 6.53. The molecular formula is C17H17N3O4. The van der Waals surface area contributed by atoms with Gasteiger partial charge in [-0.1, -0.05) is 12.1 Å². The van der Waals surface area contributed by atoms with E-state index in [0.717, 1.165) is 0 Å². The van der Waals surface area contributed by atoms with Gasteiger partial charge in [-0.15, -0.1) is 0 Å². The zero-order valence-corrected chi connectivity index (χ0v) is 13.1.